The second-order valence-electron chi connectivity index (χ2n) is 2.69. The first-order valence-corrected chi connectivity index (χ1v) is 5.51. The van der Waals surface area contributed by atoms with Gasteiger partial charge < -0.3 is 0 Å². The fourth-order valence-corrected chi connectivity index (χ4v) is 1.60. The fourth-order valence-electron chi connectivity index (χ4n) is 1.04. The zero-order chi connectivity index (χ0) is 11.0. The van der Waals surface area contributed by atoms with Gasteiger partial charge in [-0.2, -0.15) is 10.2 Å². The molecule has 0 saturated heterocycles. The smallest absolute Gasteiger partial charge is 0.193 e. The third kappa shape index (κ3) is 4.71. The summed E-state index contributed by atoms with van der Waals surface area (Å²) in [6, 6.07) is 1.94. The Kier molecular flexibility index (Phi) is 6.57. The standard InChI is InChI=1S/C10H12NO2P/c1-3-5-9(6-4-2)10(7-11)8-14(12)13/h3-4H,1-2,5-6,8H2/p+1. The molecule has 0 aliphatic carbocycles. The van der Waals surface area contributed by atoms with Crippen molar-refractivity contribution < 1.29 is 9.46 Å². The highest BCUT2D eigenvalue weighted by Crippen LogP contribution is 2.23. The summed E-state index contributed by atoms with van der Waals surface area (Å²) in [6.07, 6.45) is 4.36. The number of allylic oxidation sites excluding steroid dienone is 4. The van der Waals surface area contributed by atoms with Gasteiger partial charge in [0, 0.05) is 0 Å². The largest absolute Gasteiger partial charge is 0.511 e. The number of hydrogen-bond donors (Lipinski definition) is 1. The lowest BCUT2D eigenvalue weighted by Crippen LogP contribution is -1.92. The van der Waals surface area contributed by atoms with Gasteiger partial charge in [-0.3, -0.25) is 0 Å². The molecule has 0 spiro atoms. The molecule has 0 aromatic carbocycles. The van der Waals surface area contributed by atoms with Gasteiger partial charge in [-0.05, 0) is 23.0 Å². The quantitative estimate of drug-likeness (QED) is 0.416. The molecule has 1 unspecified atom stereocenters. The Bertz CT molecular complexity index is 301. The van der Waals surface area contributed by atoms with Crippen molar-refractivity contribution >= 4 is 8.03 Å². The summed E-state index contributed by atoms with van der Waals surface area (Å²) in [5, 5.41) is 8.78. The Morgan fingerprint density at radius 2 is 1.93 bits per heavy atom. The van der Waals surface area contributed by atoms with Crippen LogP contribution in [0.1, 0.15) is 12.8 Å². The van der Waals surface area contributed by atoms with Gasteiger partial charge in [-0.1, -0.05) is 12.2 Å². The van der Waals surface area contributed by atoms with Crippen LogP contribution in [0.2, 0.25) is 0 Å². The minimum absolute atomic E-state index is 0.0805. The van der Waals surface area contributed by atoms with Crippen LogP contribution in [0.4, 0.5) is 0 Å². The Morgan fingerprint density at radius 1 is 1.43 bits per heavy atom. The molecular weight excluding hydrogens is 197 g/mol. The van der Waals surface area contributed by atoms with Crippen LogP contribution in [0, 0.1) is 11.3 Å². The van der Waals surface area contributed by atoms with E-state index in [1.54, 1.807) is 12.2 Å². The van der Waals surface area contributed by atoms with E-state index in [4.69, 9.17) is 10.2 Å². The Balaban J connectivity index is 4.87. The Labute approximate surface area is 84.9 Å². The maximum absolute atomic E-state index is 10.6. The van der Waals surface area contributed by atoms with E-state index in [1.807, 2.05) is 6.07 Å². The predicted molar refractivity (Wildman–Crippen MR) is 57.0 cm³/mol. The molecule has 4 heteroatoms. The van der Waals surface area contributed by atoms with Gasteiger partial charge in [0.25, 0.3) is 0 Å². The van der Waals surface area contributed by atoms with E-state index in [-0.39, 0.29) is 6.16 Å². The van der Waals surface area contributed by atoms with Gasteiger partial charge in [-0.25, -0.2) is 0 Å². The van der Waals surface area contributed by atoms with E-state index in [9.17, 15) is 4.57 Å². The van der Waals surface area contributed by atoms with Crippen LogP contribution in [0.3, 0.4) is 0 Å². The molecule has 0 aromatic rings. The van der Waals surface area contributed by atoms with Crippen molar-refractivity contribution in [1.82, 2.24) is 0 Å². The zero-order valence-corrected chi connectivity index (χ0v) is 8.83. The van der Waals surface area contributed by atoms with Gasteiger partial charge in [0.15, 0.2) is 0 Å². The van der Waals surface area contributed by atoms with Crippen molar-refractivity contribution in [2.24, 2.45) is 0 Å². The fraction of sp³-hybridized carbons (Fsp3) is 0.300. The van der Waals surface area contributed by atoms with E-state index in [0.29, 0.717) is 18.4 Å². The highest BCUT2D eigenvalue weighted by molar-refractivity contribution is 7.38. The third-order valence-corrected chi connectivity index (χ3v) is 2.22. The third-order valence-electron chi connectivity index (χ3n) is 1.64. The molecule has 0 rings (SSSR count). The monoisotopic (exact) mass is 210 g/mol. The van der Waals surface area contributed by atoms with Crippen LogP contribution in [0.5, 0.6) is 0 Å². The van der Waals surface area contributed by atoms with E-state index < -0.39 is 8.03 Å². The Hall–Kier alpha value is -1.23. The molecule has 0 aliphatic rings. The molecule has 1 N–H and O–H groups in total. The van der Waals surface area contributed by atoms with Crippen molar-refractivity contribution in [3.63, 3.8) is 0 Å². The number of nitriles is 1. The molecule has 0 radical (unpaired) electrons. The van der Waals surface area contributed by atoms with Crippen LogP contribution in [-0.4, -0.2) is 11.1 Å². The summed E-state index contributed by atoms with van der Waals surface area (Å²) < 4.78 is 10.6. The van der Waals surface area contributed by atoms with Crippen LogP contribution >= 0.6 is 8.03 Å². The second kappa shape index (κ2) is 7.20. The SMILES string of the molecule is C=CCC(CC=C)=C(C#N)C[P+](=O)O. The molecule has 0 bridgehead atoms. The van der Waals surface area contributed by atoms with Crippen molar-refractivity contribution in [2.75, 3.05) is 6.16 Å². The first-order chi connectivity index (χ1) is 6.65. The van der Waals surface area contributed by atoms with Crippen molar-refractivity contribution in [3.05, 3.63) is 36.5 Å². The molecular formula is C10H13NO2P+. The minimum Gasteiger partial charge on any atom is -0.193 e. The molecule has 0 amide bonds. The molecule has 3 nitrogen and oxygen atoms in total. The molecule has 0 fully saturated rings. The van der Waals surface area contributed by atoms with E-state index in [2.05, 4.69) is 13.2 Å². The predicted octanol–water partition coefficient (Wildman–Crippen LogP) is 2.69. The highest BCUT2D eigenvalue weighted by Gasteiger charge is 2.17. The lowest BCUT2D eigenvalue weighted by Gasteiger charge is -2.01. The van der Waals surface area contributed by atoms with Gasteiger partial charge in [0.2, 0.25) is 6.16 Å². The van der Waals surface area contributed by atoms with Crippen molar-refractivity contribution in [3.8, 4) is 6.07 Å². The molecule has 74 valence electrons. The lowest BCUT2D eigenvalue weighted by molar-refractivity contribution is 0.505. The normalized spacial score (nSPS) is 9.86. The summed E-state index contributed by atoms with van der Waals surface area (Å²) in [6.45, 7) is 7.13. The van der Waals surface area contributed by atoms with Crippen LogP contribution in [0.25, 0.3) is 0 Å². The summed E-state index contributed by atoms with van der Waals surface area (Å²) >= 11 is 0. The Morgan fingerprint density at radius 3 is 2.21 bits per heavy atom. The first kappa shape index (κ1) is 12.8. The summed E-state index contributed by atoms with van der Waals surface area (Å²) in [5.74, 6) is 0. The zero-order valence-electron chi connectivity index (χ0n) is 7.94. The van der Waals surface area contributed by atoms with E-state index >= 15 is 0 Å². The number of rotatable bonds is 6. The van der Waals surface area contributed by atoms with Crippen LogP contribution in [-0.2, 0) is 4.57 Å². The molecule has 0 aromatic heterocycles. The molecule has 1 atom stereocenters. The molecule has 0 saturated carbocycles. The maximum atomic E-state index is 10.6. The minimum atomic E-state index is -2.30. The van der Waals surface area contributed by atoms with Crippen molar-refractivity contribution in [2.45, 2.75) is 12.8 Å². The van der Waals surface area contributed by atoms with E-state index in [0.717, 1.165) is 5.57 Å². The van der Waals surface area contributed by atoms with E-state index in [1.165, 1.54) is 0 Å². The maximum Gasteiger partial charge on any atom is 0.511 e. The van der Waals surface area contributed by atoms with Crippen LogP contribution in [0.15, 0.2) is 36.5 Å². The lowest BCUT2D eigenvalue weighted by atomic mass is 10.0. The summed E-state index contributed by atoms with van der Waals surface area (Å²) in [7, 11) is -2.30. The second-order valence-corrected chi connectivity index (χ2v) is 3.71. The van der Waals surface area contributed by atoms with Gasteiger partial charge in [0.05, 0.1) is 11.6 Å². The topological polar surface area (TPSA) is 61.1 Å². The average Bonchev–Trinajstić information content (AvgIpc) is 2.13. The van der Waals surface area contributed by atoms with Gasteiger partial charge >= 0.3 is 8.03 Å². The molecule has 0 aliphatic heterocycles. The number of hydrogen-bond acceptors (Lipinski definition) is 2. The highest BCUT2D eigenvalue weighted by atomic mass is 31.1. The number of nitrogens with zero attached hydrogens (tertiary/aromatic N) is 1. The summed E-state index contributed by atoms with van der Waals surface area (Å²) in [5.41, 5.74) is 1.18. The van der Waals surface area contributed by atoms with Gasteiger partial charge in [-0.15, -0.1) is 13.2 Å². The molecule has 14 heavy (non-hydrogen) atoms. The first-order valence-electron chi connectivity index (χ1n) is 4.12. The molecule has 0 heterocycles. The van der Waals surface area contributed by atoms with Gasteiger partial charge in [0.1, 0.15) is 0 Å². The van der Waals surface area contributed by atoms with Crippen molar-refractivity contribution in [1.29, 1.82) is 5.26 Å². The van der Waals surface area contributed by atoms with Crippen LogP contribution < -0.4 is 0 Å². The summed E-state index contributed by atoms with van der Waals surface area (Å²) in [4.78, 5) is 8.71. The average molecular weight is 210 g/mol.